The standard InChI is InChI=1S/C48H52N2O8Si/c1-34-31-50(45(53)49-44(34)52)43-30-42(58-59(46(2,3)4,40-18-12-8-13-19-40)41-20-14-9-15-21-41)47(32-51,57-43)33-56-48(35-16-10-7-11-17-35,36-22-26-38(54-5)27-23-36)37-24-28-39(55-6)29-25-37/h7-29,31,42-43,51H,30,32-33H2,1-6H3,(H,49,52,53)/t42-,43+,47-/m0/s1. The number of aliphatic hydroxyl groups is 1. The summed E-state index contributed by atoms with van der Waals surface area (Å²) < 4.78 is 34.7. The summed E-state index contributed by atoms with van der Waals surface area (Å²) in [6, 6.07) is 45.9. The number of ether oxygens (including phenoxy) is 4. The van der Waals surface area contributed by atoms with Crippen LogP contribution in [0.2, 0.25) is 5.04 Å². The molecule has 5 aromatic carbocycles. The fourth-order valence-electron chi connectivity index (χ4n) is 8.44. The molecule has 0 unspecified atom stereocenters. The average molecular weight is 813 g/mol. The number of hydrogen-bond acceptors (Lipinski definition) is 8. The number of nitrogens with zero attached hydrogens (tertiary/aromatic N) is 1. The van der Waals surface area contributed by atoms with Gasteiger partial charge in [0.05, 0.1) is 33.5 Å². The molecule has 1 aromatic heterocycles. The molecule has 2 heterocycles. The van der Waals surface area contributed by atoms with Gasteiger partial charge in [-0.3, -0.25) is 14.3 Å². The Hall–Kier alpha value is -5.56. The second-order valence-corrected chi connectivity index (χ2v) is 20.3. The summed E-state index contributed by atoms with van der Waals surface area (Å²) in [5.41, 5.74) is -1.11. The number of hydrogen-bond donors (Lipinski definition) is 2. The lowest BCUT2D eigenvalue weighted by Gasteiger charge is -2.47. The van der Waals surface area contributed by atoms with Crippen LogP contribution in [0.25, 0.3) is 0 Å². The maximum absolute atomic E-state index is 13.5. The van der Waals surface area contributed by atoms with Crippen molar-refractivity contribution in [3.63, 3.8) is 0 Å². The fourth-order valence-corrected chi connectivity index (χ4v) is 13.2. The predicted octanol–water partition coefficient (Wildman–Crippen LogP) is 6.47. The molecule has 0 amide bonds. The summed E-state index contributed by atoms with van der Waals surface area (Å²) in [5, 5.41) is 13.5. The van der Waals surface area contributed by atoms with Crippen LogP contribution in [0.4, 0.5) is 0 Å². The minimum atomic E-state index is -3.29. The first kappa shape index (κ1) is 41.6. The Kier molecular flexibility index (Phi) is 12.0. The first-order valence-corrected chi connectivity index (χ1v) is 21.7. The quantitative estimate of drug-likeness (QED) is 0.0950. The number of aromatic nitrogens is 2. The zero-order chi connectivity index (χ0) is 41.8. The van der Waals surface area contributed by atoms with Gasteiger partial charge in [0.25, 0.3) is 13.9 Å². The van der Waals surface area contributed by atoms with Crippen molar-refractivity contribution in [1.29, 1.82) is 0 Å². The molecule has 11 heteroatoms. The van der Waals surface area contributed by atoms with Crippen LogP contribution < -0.4 is 31.1 Å². The van der Waals surface area contributed by atoms with Gasteiger partial charge in [-0.25, -0.2) is 4.79 Å². The molecule has 306 valence electrons. The lowest BCUT2D eigenvalue weighted by atomic mass is 9.79. The molecule has 2 N–H and O–H groups in total. The van der Waals surface area contributed by atoms with Crippen molar-refractivity contribution in [2.24, 2.45) is 0 Å². The Morgan fingerprint density at radius 1 is 0.746 bits per heavy atom. The fraction of sp³-hybridized carbons (Fsp3) is 0.292. The van der Waals surface area contributed by atoms with Crippen molar-refractivity contribution in [2.75, 3.05) is 27.4 Å². The number of H-pyrrole nitrogens is 1. The molecule has 0 radical (unpaired) electrons. The summed E-state index contributed by atoms with van der Waals surface area (Å²) in [7, 11) is -0.0420. The highest BCUT2D eigenvalue weighted by atomic mass is 28.4. The molecule has 1 fully saturated rings. The van der Waals surface area contributed by atoms with E-state index in [0.29, 0.717) is 17.1 Å². The first-order chi connectivity index (χ1) is 28.4. The van der Waals surface area contributed by atoms with Crippen LogP contribution in [-0.2, 0) is 19.5 Å². The maximum atomic E-state index is 13.5. The molecule has 3 atom stereocenters. The van der Waals surface area contributed by atoms with Crippen LogP contribution in [0, 0.1) is 6.92 Å². The Morgan fingerprint density at radius 2 is 1.22 bits per heavy atom. The minimum absolute atomic E-state index is 0.170. The van der Waals surface area contributed by atoms with E-state index in [-0.39, 0.29) is 13.0 Å². The number of rotatable bonds is 14. The monoisotopic (exact) mass is 812 g/mol. The number of nitrogens with one attached hydrogen (secondary N) is 1. The van der Waals surface area contributed by atoms with Crippen LogP contribution >= 0.6 is 0 Å². The van der Waals surface area contributed by atoms with Gasteiger partial charge >= 0.3 is 5.69 Å². The third kappa shape index (κ3) is 7.72. The molecule has 6 aromatic rings. The van der Waals surface area contributed by atoms with E-state index in [1.54, 1.807) is 21.1 Å². The van der Waals surface area contributed by atoms with Crippen molar-refractivity contribution >= 4 is 18.7 Å². The molecule has 10 nitrogen and oxygen atoms in total. The normalized spacial score (nSPS) is 18.4. The smallest absolute Gasteiger partial charge is 0.330 e. The molecule has 0 spiro atoms. The van der Waals surface area contributed by atoms with Crippen LogP contribution in [0.1, 0.15) is 55.7 Å². The molecular formula is C48H52N2O8Si. The van der Waals surface area contributed by atoms with E-state index in [1.165, 1.54) is 10.8 Å². The third-order valence-electron chi connectivity index (χ3n) is 11.5. The minimum Gasteiger partial charge on any atom is -0.497 e. The second-order valence-electron chi connectivity index (χ2n) is 16.1. The summed E-state index contributed by atoms with van der Waals surface area (Å²) in [5.74, 6) is 1.36. The number of methoxy groups -OCH3 is 2. The van der Waals surface area contributed by atoms with E-state index < -0.39 is 54.7 Å². The molecule has 7 rings (SSSR count). The highest BCUT2D eigenvalue weighted by Crippen LogP contribution is 2.48. The Balaban J connectivity index is 1.44. The Morgan fingerprint density at radius 3 is 1.68 bits per heavy atom. The van der Waals surface area contributed by atoms with Gasteiger partial charge in [-0.2, -0.15) is 0 Å². The SMILES string of the molecule is COc1ccc(C(OC[C@]2(CO)O[C@@H](n3cc(C)c(=O)[nH]c3=O)C[C@@H]2O[Si](c2ccccc2)(c2ccccc2)C(C)(C)C)(c2ccccc2)c2ccc(OC)cc2)cc1. The van der Waals surface area contributed by atoms with Gasteiger partial charge in [-0.15, -0.1) is 0 Å². The predicted molar refractivity (Wildman–Crippen MR) is 231 cm³/mol. The van der Waals surface area contributed by atoms with Crippen molar-refractivity contribution in [2.45, 2.75) is 62.7 Å². The van der Waals surface area contributed by atoms with Gasteiger partial charge in [0.2, 0.25) is 0 Å². The summed E-state index contributed by atoms with van der Waals surface area (Å²) >= 11 is 0. The molecule has 1 saturated heterocycles. The Bertz CT molecular complexity index is 2350. The summed E-state index contributed by atoms with van der Waals surface area (Å²) in [6.07, 6.45) is -0.0695. The topological polar surface area (TPSA) is 121 Å². The van der Waals surface area contributed by atoms with Gasteiger partial charge in [0.1, 0.15) is 28.9 Å². The lowest BCUT2D eigenvalue weighted by Crippen LogP contribution is -2.69. The Labute approximate surface area is 346 Å². The molecule has 0 aliphatic carbocycles. The molecule has 0 saturated carbocycles. The number of benzene rings is 5. The van der Waals surface area contributed by atoms with Crippen molar-refractivity contribution in [3.8, 4) is 11.5 Å². The van der Waals surface area contributed by atoms with Gasteiger partial charge in [-0.1, -0.05) is 136 Å². The van der Waals surface area contributed by atoms with E-state index in [2.05, 4.69) is 50.0 Å². The maximum Gasteiger partial charge on any atom is 0.330 e. The van der Waals surface area contributed by atoms with Crippen molar-refractivity contribution in [1.82, 2.24) is 9.55 Å². The van der Waals surface area contributed by atoms with Crippen LogP contribution in [-0.4, -0.2) is 62.1 Å². The van der Waals surface area contributed by atoms with E-state index in [0.717, 1.165) is 27.1 Å². The van der Waals surface area contributed by atoms with Gasteiger partial charge in [-0.05, 0) is 63.3 Å². The van der Waals surface area contributed by atoms with Gasteiger partial charge < -0.3 is 28.5 Å². The average Bonchev–Trinajstić information content (AvgIpc) is 3.62. The van der Waals surface area contributed by atoms with Crippen molar-refractivity contribution < 1.29 is 28.5 Å². The van der Waals surface area contributed by atoms with Gasteiger partial charge in [0.15, 0.2) is 0 Å². The third-order valence-corrected chi connectivity index (χ3v) is 16.6. The van der Waals surface area contributed by atoms with Gasteiger partial charge in [0, 0.05) is 18.2 Å². The van der Waals surface area contributed by atoms with E-state index in [9.17, 15) is 14.7 Å². The number of aromatic amines is 1. The molecule has 1 aliphatic heterocycles. The van der Waals surface area contributed by atoms with E-state index in [1.807, 2.05) is 115 Å². The van der Waals surface area contributed by atoms with Crippen LogP contribution in [0.5, 0.6) is 11.5 Å². The van der Waals surface area contributed by atoms with E-state index >= 15 is 0 Å². The highest BCUT2D eigenvalue weighted by molar-refractivity contribution is 6.99. The van der Waals surface area contributed by atoms with Crippen LogP contribution in [0.15, 0.2) is 155 Å². The molecule has 0 bridgehead atoms. The first-order valence-electron chi connectivity index (χ1n) is 19.8. The molecule has 1 aliphatic rings. The zero-order valence-electron chi connectivity index (χ0n) is 34.4. The van der Waals surface area contributed by atoms with E-state index in [4.69, 9.17) is 23.4 Å². The highest BCUT2D eigenvalue weighted by Gasteiger charge is 2.59. The molecular weight excluding hydrogens is 761 g/mol. The zero-order valence-corrected chi connectivity index (χ0v) is 35.4. The second kappa shape index (κ2) is 17.0. The molecule has 59 heavy (non-hydrogen) atoms. The lowest BCUT2D eigenvalue weighted by molar-refractivity contribution is -0.175. The number of aliphatic hydroxyl groups excluding tert-OH is 1. The van der Waals surface area contributed by atoms with Crippen LogP contribution in [0.3, 0.4) is 0 Å². The summed E-state index contributed by atoms with van der Waals surface area (Å²) in [6.45, 7) is 7.51. The number of aryl methyl sites for hydroxylation is 1. The largest absolute Gasteiger partial charge is 0.497 e. The van der Waals surface area contributed by atoms with Crippen molar-refractivity contribution in [3.05, 3.63) is 189 Å². The summed E-state index contributed by atoms with van der Waals surface area (Å²) in [4.78, 5) is 28.5.